The number of nitrogens with zero attached hydrogens (tertiary/aromatic N) is 1. The first-order valence-electron chi connectivity index (χ1n) is 7.32. The molecule has 0 aliphatic carbocycles. The van der Waals surface area contributed by atoms with E-state index in [1.807, 2.05) is 55.5 Å². The third-order valence-corrected chi connectivity index (χ3v) is 4.73. The summed E-state index contributed by atoms with van der Waals surface area (Å²) >= 11 is 4.67. The number of benzene rings is 2. The van der Waals surface area contributed by atoms with E-state index in [-0.39, 0.29) is 11.7 Å². The molecule has 0 aliphatic rings. The molecular formula is C18H15BrN2O2S. The van der Waals surface area contributed by atoms with Crippen molar-refractivity contribution in [2.75, 3.05) is 11.1 Å². The molecule has 0 fully saturated rings. The first kappa shape index (κ1) is 16.8. The summed E-state index contributed by atoms with van der Waals surface area (Å²) in [5, 5.41) is 3.37. The Morgan fingerprint density at radius 2 is 1.96 bits per heavy atom. The highest BCUT2D eigenvalue weighted by atomic mass is 79.9. The van der Waals surface area contributed by atoms with E-state index in [0.29, 0.717) is 11.0 Å². The van der Waals surface area contributed by atoms with Crippen LogP contribution in [0, 0.1) is 6.92 Å². The van der Waals surface area contributed by atoms with Gasteiger partial charge in [0.15, 0.2) is 5.76 Å². The molecule has 1 aromatic heterocycles. The van der Waals surface area contributed by atoms with Crippen LogP contribution in [0.1, 0.15) is 5.56 Å². The third kappa shape index (κ3) is 4.27. The van der Waals surface area contributed by atoms with Gasteiger partial charge in [-0.2, -0.15) is 0 Å². The Bertz CT molecular complexity index is 846. The van der Waals surface area contributed by atoms with Crippen molar-refractivity contribution in [2.24, 2.45) is 0 Å². The van der Waals surface area contributed by atoms with E-state index in [9.17, 15) is 4.79 Å². The van der Waals surface area contributed by atoms with Crippen LogP contribution >= 0.6 is 27.7 Å². The number of rotatable bonds is 5. The number of nitrogens with one attached hydrogen (secondary N) is 1. The van der Waals surface area contributed by atoms with Crippen molar-refractivity contribution < 1.29 is 9.21 Å². The van der Waals surface area contributed by atoms with Crippen LogP contribution in [0.2, 0.25) is 0 Å². The number of anilines is 1. The number of hydrogen-bond acceptors (Lipinski definition) is 4. The molecule has 0 saturated heterocycles. The van der Waals surface area contributed by atoms with Crippen LogP contribution in [0.5, 0.6) is 0 Å². The summed E-state index contributed by atoms with van der Waals surface area (Å²) in [6.07, 6.45) is 1.67. The number of carbonyl (C=O) groups is 1. The van der Waals surface area contributed by atoms with Crippen LogP contribution in [0.4, 0.5) is 5.69 Å². The summed E-state index contributed by atoms with van der Waals surface area (Å²) in [6, 6.07) is 15.5. The quantitative estimate of drug-likeness (QED) is 0.599. The highest BCUT2D eigenvalue weighted by Crippen LogP contribution is 2.26. The second-order valence-corrected chi connectivity index (χ2v) is 6.99. The van der Waals surface area contributed by atoms with Gasteiger partial charge in [0, 0.05) is 15.7 Å². The van der Waals surface area contributed by atoms with E-state index >= 15 is 0 Å². The lowest BCUT2D eigenvalue weighted by atomic mass is 10.2. The molecule has 1 amide bonds. The standard InChI is InChI=1S/C18H15BrN2O2S/c1-12-4-2-3-5-15(12)21-17(22)11-24-18-20-10-16(23-18)13-6-8-14(19)9-7-13/h2-10H,11H2,1H3,(H,21,22). The molecule has 24 heavy (non-hydrogen) atoms. The molecule has 3 aromatic rings. The number of halogens is 1. The van der Waals surface area contributed by atoms with Gasteiger partial charge in [-0.05, 0) is 30.7 Å². The molecule has 3 rings (SSSR count). The molecule has 0 unspecified atom stereocenters. The fourth-order valence-electron chi connectivity index (χ4n) is 2.10. The van der Waals surface area contributed by atoms with Crippen LogP contribution in [0.15, 0.2) is 68.8 Å². The molecule has 6 heteroatoms. The highest BCUT2D eigenvalue weighted by molar-refractivity contribution is 9.10. The van der Waals surface area contributed by atoms with Crippen molar-refractivity contribution in [3.8, 4) is 11.3 Å². The zero-order valence-corrected chi connectivity index (χ0v) is 15.4. The van der Waals surface area contributed by atoms with Gasteiger partial charge < -0.3 is 9.73 Å². The topological polar surface area (TPSA) is 55.1 Å². The molecule has 0 saturated carbocycles. The smallest absolute Gasteiger partial charge is 0.256 e. The maximum atomic E-state index is 12.0. The number of para-hydroxylation sites is 1. The molecule has 0 bridgehead atoms. The Labute approximate surface area is 152 Å². The Hall–Kier alpha value is -2.05. The molecule has 2 aromatic carbocycles. The van der Waals surface area contributed by atoms with Crippen molar-refractivity contribution in [3.63, 3.8) is 0 Å². The Kier molecular flexibility index (Phi) is 5.37. The molecule has 1 N–H and O–H groups in total. The van der Waals surface area contributed by atoms with E-state index in [0.717, 1.165) is 21.3 Å². The summed E-state index contributed by atoms with van der Waals surface area (Å²) in [6.45, 7) is 1.96. The average Bonchev–Trinajstić information content (AvgIpc) is 3.05. The van der Waals surface area contributed by atoms with Crippen molar-refractivity contribution in [1.29, 1.82) is 0 Å². The maximum absolute atomic E-state index is 12.0. The fourth-order valence-corrected chi connectivity index (χ4v) is 2.97. The summed E-state index contributed by atoms with van der Waals surface area (Å²) in [5.41, 5.74) is 2.80. The monoisotopic (exact) mass is 402 g/mol. The summed E-state index contributed by atoms with van der Waals surface area (Å²) in [4.78, 5) is 16.3. The molecule has 0 aliphatic heterocycles. The van der Waals surface area contributed by atoms with Crippen molar-refractivity contribution >= 4 is 39.3 Å². The number of carbonyl (C=O) groups excluding carboxylic acids is 1. The van der Waals surface area contributed by atoms with Gasteiger partial charge >= 0.3 is 0 Å². The van der Waals surface area contributed by atoms with E-state index in [1.165, 1.54) is 11.8 Å². The van der Waals surface area contributed by atoms with E-state index < -0.39 is 0 Å². The first-order valence-corrected chi connectivity index (χ1v) is 9.10. The van der Waals surface area contributed by atoms with Gasteiger partial charge in [-0.1, -0.05) is 58.0 Å². The summed E-state index contributed by atoms with van der Waals surface area (Å²) < 4.78 is 6.70. The Balaban J connectivity index is 1.58. The van der Waals surface area contributed by atoms with Crippen molar-refractivity contribution in [1.82, 2.24) is 4.98 Å². The summed E-state index contributed by atoms with van der Waals surface area (Å²) in [5.74, 6) is 0.844. The molecule has 1 heterocycles. The largest absolute Gasteiger partial charge is 0.431 e. The van der Waals surface area contributed by atoms with Gasteiger partial charge in [0.25, 0.3) is 5.22 Å². The molecular weight excluding hydrogens is 388 g/mol. The Morgan fingerprint density at radius 3 is 2.71 bits per heavy atom. The van der Waals surface area contributed by atoms with Crippen molar-refractivity contribution in [3.05, 3.63) is 64.8 Å². The number of hydrogen-bond donors (Lipinski definition) is 1. The van der Waals surface area contributed by atoms with Gasteiger partial charge in [0.2, 0.25) is 5.91 Å². The van der Waals surface area contributed by atoms with E-state index in [1.54, 1.807) is 6.20 Å². The lowest BCUT2D eigenvalue weighted by Gasteiger charge is -2.06. The minimum absolute atomic E-state index is 0.0855. The minimum atomic E-state index is -0.0855. The zero-order chi connectivity index (χ0) is 16.9. The third-order valence-electron chi connectivity index (χ3n) is 3.36. The lowest BCUT2D eigenvalue weighted by molar-refractivity contribution is -0.113. The number of thioether (sulfide) groups is 1. The highest BCUT2D eigenvalue weighted by Gasteiger charge is 2.10. The lowest BCUT2D eigenvalue weighted by Crippen LogP contribution is -2.14. The maximum Gasteiger partial charge on any atom is 0.256 e. The second kappa shape index (κ2) is 7.68. The zero-order valence-electron chi connectivity index (χ0n) is 13.0. The number of aryl methyl sites for hydroxylation is 1. The van der Waals surface area contributed by atoms with Crippen LogP contribution in [0.25, 0.3) is 11.3 Å². The first-order chi connectivity index (χ1) is 11.6. The number of oxazole rings is 1. The average molecular weight is 403 g/mol. The normalized spacial score (nSPS) is 10.6. The fraction of sp³-hybridized carbons (Fsp3) is 0.111. The van der Waals surface area contributed by atoms with Gasteiger partial charge in [-0.3, -0.25) is 4.79 Å². The Morgan fingerprint density at radius 1 is 1.21 bits per heavy atom. The second-order valence-electron chi connectivity index (χ2n) is 5.15. The van der Waals surface area contributed by atoms with Crippen LogP contribution < -0.4 is 5.32 Å². The minimum Gasteiger partial charge on any atom is -0.431 e. The predicted octanol–water partition coefficient (Wildman–Crippen LogP) is 5.14. The molecule has 0 spiro atoms. The number of aromatic nitrogens is 1. The van der Waals surface area contributed by atoms with Gasteiger partial charge in [-0.15, -0.1) is 0 Å². The van der Waals surface area contributed by atoms with Crippen LogP contribution in [-0.2, 0) is 4.79 Å². The SMILES string of the molecule is Cc1ccccc1NC(=O)CSc1ncc(-c2ccc(Br)cc2)o1. The molecule has 122 valence electrons. The van der Waals surface area contributed by atoms with Gasteiger partial charge in [0.05, 0.1) is 11.9 Å². The van der Waals surface area contributed by atoms with E-state index in [2.05, 4.69) is 26.2 Å². The molecule has 4 nitrogen and oxygen atoms in total. The molecule has 0 radical (unpaired) electrons. The van der Waals surface area contributed by atoms with Crippen LogP contribution in [-0.4, -0.2) is 16.6 Å². The van der Waals surface area contributed by atoms with E-state index in [4.69, 9.17) is 4.42 Å². The van der Waals surface area contributed by atoms with Gasteiger partial charge in [-0.25, -0.2) is 4.98 Å². The molecule has 0 atom stereocenters. The summed E-state index contributed by atoms with van der Waals surface area (Å²) in [7, 11) is 0. The number of amides is 1. The van der Waals surface area contributed by atoms with Gasteiger partial charge in [0.1, 0.15) is 0 Å². The van der Waals surface area contributed by atoms with Crippen molar-refractivity contribution in [2.45, 2.75) is 12.1 Å². The predicted molar refractivity (Wildman–Crippen MR) is 100 cm³/mol. The van der Waals surface area contributed by atoms with Crippen LogP contribution in [0.3, 0.4) is 0 Å².